The number of anilines is 1. The zero-order valence-electron chi connectivity index (χ0n) is 11.0. The molecule has 1 N–H and O–H groups in total. The fraction of sp³-hybridized carbons (Fsp3) is 0.429. The quantitative estimate of drug-likeness (QED) is 0.848. The second kappa shape index (κ2) is 6.19. The maximum Gasteiger partial charge on any atom is 0.138 e. The van der Waals surface area contributed by atoms with Crippen molar-refractivity contribution < 1.29 is 0 Å². The summed E-state index contributed by atoms with van der Waals surface area (Å²) in [5, 5.41) is 7.79. The smallest absolute Gasteiger partial charge is 0.138 e. The second-order valence-corrected chi connectivity index (χ2v) is 4.40. The molecule has 1 unspecified atom stereocenters. The summed E-state index contributed by atoms with van der Waals surface area (Å²) >= 11 is 0. The Bertz CT molecular complexity index is 464. The van der Waals surface area contributed by atoms with Crippen molar-refractivity contribution in [2.24, 2.45) is 0 Å². The third kappa shape index (κ3) is 2.88. The first-order valence-corrected chi connectivity index (χ1v) is 6.55. The molecule has 96 valence electrons. The molecule has 0 spiro atoms. The van der Waals surface area contributed by atoms with Crippen molar-refractivity contribution in [2.75, 3.05) is 5.32 Å². The van der Waals surface area contributed by atoms with E-state index >= 15 is 0 Å². The number of para-hydroxylation sites is 2. The van der Waals surface area contributed by atoms with Crippen LogP contribution in [0.3, 0.4) is 0 Å². The van der Waals surface area contributed by atoms with Crippen LogP contribution in [-0.2, 0) is 0 Å². The third-order valence-electron chi connectivity index (χ3n) is 3.06. The summed E-state index contributed by atoms with van der Waals surface area (Å²) in [7, 11) is 0. The lowest BCUT2D eigenvalue weighted by Crippen LogP contribution is -2.19. The van der Waals surface area contributed by atoms with Crippen molar-refractivity contribution in [3.63, 3.8) is 0 Å². The van der Waals surface area contributed by atoms with E-state index in [1.807, 2.05) is 12.1 Å². The fourth-order valence-electron chi connectivity index (χ4n) is 2.07. The fourth-order valence-corrected chi connectivity index (χ4v) is 2.07. The van der Waals surface area contributed by atoms with E-state index in [1.54, 1.807) is 17.3 Å². The number of benzene rings is 1. The number of hydrogen-bond acceptors (Lipinski definition) is 3. The molecule has 0 aliphatic heterocycles. The molecule has 4 nitrogen and oxygen atoms in total. The Labute approximate surface area is 108 Å². The summed E-state index contributed by atoms with van der Waals surface area (Å²) < 4.78 is 1.79. The average Bonchev–Trinajstić information content (AvgIpc) is 2.92. The van der Waals surface area contributed by atoms with Gasteiger partial charge in [-0.25, -0.2) is 9.67 Å². The Kier molecular flexibility index (Phi) is 4.34. The number of hydrogen-bond donors (Lipinski definition) is 1. The molecule has 4 heteroatoms. The first kappa shape index (κ1) is 12.6. The highest BCUT2D eigenvalue weighted by Crippen LogP contribution is 2.21. The maximum atomic E-state index is 4.19. The van der Waals surface area contributed by atoms with Crippen molar-refractivity contribution in [1.29, 1.82) is 0 Å². The molecular weight excluding hydrogens is 224 g/mol. The van der Waals surface area contributed by atoms with Crippen molar-refractivity contribution in [2.45, 2.75) is 39.2 Å². The van der Waals surface area contributed by atoms with Crippen molar-refractivity contribution in [1.82, 2.24) is 14.8 Å². The van der Waals surface area contributed by atoms with Crippen molar-refractivity contribution >= 4 is 5.69 Å². The lowest BCUT2D eigenvalue weighted by atomic mass is 10.1. The van der Waals surface area contributed by atoms with E-state index < -0.39 is 0 Å². The van der Waals surface area contributed by atoms with Gasteiger partial charge in [0.05, 0.1) is 11.4 Å². The SMILES string of the molecule is CCCC(CC)Nc1ccccc1-n1cncn1. The molecule has 1 aromatic carbocycles. The van der Waals surface area contributed by atoms with Gasteiger partial charge in [0.25, 0.3) is 0 Å². The Hall–Kier alpha value is -1.84. The molecule has 1 atom stereocenters. The normalized spacial score (nSPS) is 12.3. The molecule has 0 fully saturated rings. The minimum Gasteiger partial charge on any atom is -0.381 e. The van der Waals surface area contributed by atoms with E-state index in [4.69, 9.17) is 0 Å². The van der Waals surface area contributed by atoms with E-state index in [9.17, 15) is 0 Å². The predicted molar refractivity (Wildman–Crippen MR) is 74.0 cm³/mol. The molecule has 0 aliphatic carbocycles. The Morgan fingerprint density at radius 2 is 2.11 bits per heavy atom. The van der Waals surface area contributed by atoms with Gasteiger partial charge in [0.15, 0.2) is 0 Å². The van der Waals surface area contributed by atoms with Gasteiger partial charge >= 0.3 is 0 Å². The topological polar surface area (TPSA) is 42.7 Å². The minimum absolute atomic E-state index is 0.514. The number of nitrogens with zero attached hydrogens (tertiary/aromatic N) is 3. The lowest BCUT2D eigenvalue weighted by molar-refractivity contribution is 0.622. The zero-order chi connectivity index (χ0) is 12.8. The number of aromatic nitrogens is 3. The van der Waals surface area contributed by atoms with Crippen LogP contribution in [-0.4, -0.2) is 20.8 Å². The molecule has 2 aromatic rings. The van der Waals surface area contributed by atoms with E-state index in [0.717, 1.165) is 17.8 Å². The molecule has 0 radical (unpaired) electrons. The molecule has 1 heterocycles. The Balaban J connectivity index is 2.22. The van der Waals surface area contributed by atoms with Crippen LogP contribution in [0.15, 0.2) is 36.9 Å². The van der Waals surface area contributed by atoms with Crippen molar-refractivity contribution in [3.05, 3.63) is 36.9 Å². The van der Waals surface area contributed by atoms with Crippen LogP contribution in [0.1, 0.15) is 33.1 Å². The van der Waals surface area contributed by atoms with Gasteiger partial charge in [0.1, 0.15) is 12.7 Å². The van der Waals surface area contributed by atoms with Crippen LogP contribution >= 0.6 is 0 Å². The monoisotopic (exact) mass is 244 g/mol. The zero-order valence-corrected chi connectivity index (χ0v) is 11.0. The van der Waals surface area contributed by atoms with Crippen LogP contribution in [0.2, 0.25) is 0 Å². The van der Waals surface area contributed by atoms with E-state index in [1.165, 1.54) is 12.8 Å². The summed E-state index contributed by atoms with van der Waals surface area (Å²) in [6.07, 6.45) is 6.78. The van der Waals surface area contributed by atoms with Gasteiger partial charge < -0.3 is 5.32 Å². The predicted octanol–water partition coefficient (Wildman–Crippen LogP) is 3.26. The molecule has 0 saturated heterocycles. The molecule has 2 rings (SSSR count). The van der Waals surface area contributed by atoms with Gasteiger partial charge in [0.2, 0.25) is 0 Å². The van der Waals surface area contributed by atoms with Crippen molar-refractivity contribution in [3.8, 4) is 5.69 Å². The molecular formula is C14H20N4. The summed E-state index contributed by atoms with van der Waals surface area (Å²) in [5.74, 6) is 0. The van der Waals surface area contributed by atoms with Crippen LogP contribution in [0.4, 0.5) is 5.69 Å². The van der Waals surface area contributed by atoms with Gasteiger partial charge in [-0.05, 0) is 25.0 Å². The van der Waals surface area contributed by atoms with Gasteiger partial charge in [-0.15, -0.1) is 0 Å². The highest BCUT2D eigenvalue weighted by Gasteiger charge is 2.09. The van der Waals surface area contributed by atoms with Crippen LogP contribution in [0.5, 0.6) is 0 Å². The van der Waals surface area contributed by atoms with Gasteiger partial charge in [-0.2, -0.15) is 5.10 Å². The summed E-state index contributed by atoms with van der Waals surface area (Å²) in [4.78, 5) is 4.00. The van der Waals surface area contributed by atoms with Crippen LogP contribution in [0, 0.1) is 0 Å². The summed E-state index contributed by atoms with van der Waals surface area (Å²) in [6, 6.07) is 8.72. The van der Waals surface area contributed by atoms with E-state index in [-0.39, 0.29) is 0 Å². The molecule has 0 bridgehead atoms. The van der Waals surface area contributed by atoms with Crippen LogP contribution < -0.4 is 5.32 Å². The van der Waals surface area contributed by atoms with Crippen LogP contribution in [0.25, 0.3) is 5.69 Å². The Morgan fingerprint density at radius 1 is 1.28 bits per heavy atom. The average molecular weight is 244 g/mol. The molecule has 0 aliphatic rings. The first-order valence-electron chi connectivity index (χ1n) is 6.55. The Morgan fingerprint density at radius 3 is 2.78 bits per heavy atom. The molecule has 18 heavy (non-hydrogen) atoms. The highest BCUT2D eigenvalue weighted by molar-refractivity contribution is 5.60. The summed E-state index contributed by atoms with van der Waals surface area (Å²) in [5.41, 5.74) is 2.16. The minimum atomic E-state index is 0.514. The van der Waals surface area contributed by atoms with Gasteiger partial charge in [-0.1, -0.05) is 32.4 Å². The molecule has 1 aromatic heterocycles. The highest BCUT2D eigenvalue weighted by atomic mass is 15.3. The lowest BCUT2D eigenvalue weighted by Gasteiger charge is -2.19. The third-order valence-corrected chi connectivity index (χ3v) is 3.06. The van der Waals surface area contributed by atoms with E-state index in [2.05, 4.69) is 41.4 Å². The number of nitrogens with one attached hydrogen (secondary N) is 1. The molecule has 0 saturated carbocycles. The van der Waals surface area contributed by atoms with Gasteiger partial charge in [-0.3, -0.25) is 0 Å². The van der Waals surface area contributed by atoms with E-state index in [0.29, 0.717) is 6.04 Å². The van der Waals surface area contributed by atoms with Gasteiger partial charge in [0, 0.05) is 6.04 Å². The first-order chi connectivity index (χ1) is 8.85. The summed E-state index contributed by atoms with van der Waals surface area (Å²) in [6.45, 7) is 4.43. The largest absolute Gasteiger partial charge is 0.381 e. The maximum absolute atomic E-state index is 4.19. The second-order valence-electron chi connectivity index (χ2n) is 4.40. The standard InChI is InChI=1S/C14H20N4/c1-3-7-12(4-2)17-13-8-5-6-9-14(13)18-11-15-10-16-18/h5-6,8-12,17H,3-4,7H2,1-2H3. The number of rotatable bonds is 6. The molecule has 0 amide bonds.